The normalized spacial score (nSPS) is 12.8. The molecule has 1 aliphatic carbocycles. The average Bonchev–Trinajstić information content (AvgIpc) is 2.82. The maximum atomic E-state index is 3.23. The summed E-state index contributed by atoms with van der Waals surface area (Å²) in [7, 11) is 0. The van der Waals surface area contributed by atoms with E-state index >= 15 is 0 Å². The van der Waals surface area contributed by atoms with Crippen LogP contribution in [0.15, 0.2) is 36.4 Å². The first kappa shape index (κ1) is 20.6. The number of hydrogen-bond donors (Lipinski definition) is 0. The van der Waals surface area contributed by atoms with Gasteiger partial charge in [-0.3, -0.25) is 0 Å². The quantitative estimate of drug-likeness (QED) is 0.283. The second-order valence-electron chi connectivity index (χ2n) is 8.32. The Kier molecular flexibility index (Phi) is 6.77. The van der Waals surface area contributed by atoms with E-state index < -0.39 is 0 Å². The summed E-state index contributed by atoms with van der Waals surface area (Å²) in [4.78, 5) is 0. The van der Waals surface area contributed by atoms with Crippen LogP contribution in [0, 0.1) is 6.42 Å². The molecule has 0 aromatic heterocycles. The zero-order valence-corrected chi connectivity index (χ0v) is 20.9. The molecule has 2 aromatic carbocycles. The Balaban J connectivity index is 0.000000647. The zero-order chi connectivity index (χ0) is 18.1. The molecule has 0 bridgehead atoms. The van der Waals surface area contributed by atoms with Crippen molar-refractivity contribution in [2.45, 2.75) is 52.4 Å². The van der Waals surface area contributed by atoms with E-state index in [1.54, 1.807) is 0 Å². The number of benzene rings is 2. The van der Waals surface area contributed by atoms with E-state index in [9.17, 15) is 0 Å². The van der Waals surface area contributed by atoms with Gasteiger partial charge < -0.3 is 0 Å². The van der Waals surface area contributed by atoms with Crippen molar-refractivity contribution >= 4 is 24.4 Å². The Labute approximate surface area is 170 Å². The molecule has 3 heteroatoms. The van der Waals surface area contributed by atoms with Gasteiger partial charge in [-0.15, -0.1) is 0 Å². The van der Waals surface area contributed by atoms with Gasteiger partial charge in [-0.05, 0) is 44.2 Å². The molecule has 24 heavy (non-hydrogen) atoms. The fourth-order valence-corrected chi connectivity index (χ4v) is 2.96. The molecule has 0 amide bonds. The van der Waals surface area contributed by atoms with Crippen LogP contribution < -0.4 is 0 Å². The monoisotopic (exact) mass is 525 g/mol. The molecule has 0 heterocycles. The maximum absolute atomic E-state index is 3.23. The summed E-state index contributed by atoms with van der Waals surface area (Å²) in [6.45, 7) is 13.6. The first-order valence-electron chi connectivity index (χ1n) is 8.18. The average molecular weight is 528 g/mol. The van der Waals surface area contributed by atoms with Crippen LogP contribution in [0.4, 0.5) is 0 Å². The van der Waals surface area contributed by atoms with E-state index in [1.807, 2.05) is 0 Å². The van der Waals surface area contributed by atoms with Crippen LogP contribution in [-0.4, -0.2) is 0 Å². The molecule has 0 unspecified atom stereocenters. The predicted molar refractivity (Wildman–Crippen MR) is 110 cm³/mol. The van der Waals surface area contributed by atoms with Crippen molar-refractivity contribution < 1.29 is 18.5 Å². The van der Waals surface area contributed by atoms with Crippen molar-refractivity contribution in [2.75, 3.05) is 0 Å². The van der Waals surface area contributed by atoms with Gasteiger partial charge in [0.05, 0.1) is 0 Å². The summed E-state index contributed by atoms with van der Waals surface area (Å²) in [6, 6.07) is 13.8. The van der Waals surface area contributed by atoms with E-state index in [2.05, 4.69) is 109 Å². The van der Waals surface area contributed by atoms with Crippen LogP contribution in [0.1, 0.15) is 63.8 Å². The fourth-order valence-electron chi connectivity index (χ4n) is 2.96. The third-order valence-corrected chi connectivity index (χ3v) is 4.44. The molecular weight excluding hydrogens is 503 g/mol. The third-order valence-electron chi connectivity index (χ3n) is 4.44. The fraction of sp³-hybridized carbons (Fsp3) is 0.381. The van der Waals surface area contributed by atoms with Crippen molar-refractivity contribution in [3.63, 3.8) is 0 Å². The summed E-state index contributed by atoms with van der Waals surface area (Å²) in [5.41, 5.74) is 8.69. The van der Waals surface area contributed by atoms with Gasteiger partial charge in [0.15, 0.2) is 0 Å². The first-order chi connectivity index (χ1) is 11.1. The Bertz CT molecular complexity index is 660. The topological polar surface area (TPSA) is 0 Å². The van der Waals surface area contributed by atoms with Gasteiger partial charge in [0.2, 0.25) is 0 Å². The van der Waals surface area contributed by atoms with E-state index in [0.29, 0.717) is 0 Å². The SMILES string of the molecule is CC(C)(C)c1ccc2c(c1)[CH]c1cc(C(C)(C)C)ccc1-2.[Br][Zr][Br]. The van der Waals surface area contributed by atoms with Crippen molar-refractivity contribution in [2.24, 2.45) is 0 Å². The van der Waals surface area contributed by atoms with Crippen LogP contribution in [-0.2, 0) is 29.4 Å². The molecule has 3 rings (SSSR count). The number of rotatable bonds is 0. The molecular formula is C21H25Br2Zr. The van der Waals surface area contributed by atoms with Gasteiger partial charge in [0, 0.05) is 6.42 Å². The molecule has 0 atom stereocenters. The van der Waals surface area contributed by atoms with Crippen molar-refractivity contribution in [3.05, 3.63) is 65.1 Å². The van der Waals surface area contributed by atoms with E-state index in [4.69, 9.17) is 0 Å². The van der Waals surface area contributed by atoms with Gasteiger partial charge in [0.1, 0.15) is 0 Å². The van der Waals surface area contributed by atoms with Crippen LogP contribution >= 0.6 is 24.4 Å². The van der Waals surface area contributed by atoms with E-state index in [-0.39, 0.29) is 29.4 Å². The number of halogens is 2. The third kappa shape index (κ3) is 4.71. The van der Waals surface area contributed by atoms with Gasteiger partial charge in [0.25, 0.3) is 0 Å². The standard InChI is InChI=1S/C21H25.2BrH.Zr/c1-20(2,3)16-7-9-18-14(12-16)11-15-13-17(21(4,5)6)8-10-19(15)18;;;/h7-13H,1-6H3;2*1H;/q;;;+2/p-2. The van der Waals surface area contributed by atoms with Gasteiger partial charge in [-0.1, -0.05) is 77.9 Å². The molecule has 0 aliphatic heterocycles. The van der Waals surface area contributed by atoms with Crippen LogP contribution in [0.3, 0.4) is 0 Å². The summed E-state index contributed by atoms with van der Waals surface area (Å²) in [6.07, 6.45) is 2.34. The minimum atomic E-state index is -0.145. The second kappa shape index (κ2) is 7.89. The Hall–Kier alpha value is 0.283. The molecule has 1 radical (unpaired) electrons. The summed E-state index contributed by atoms with van der Waals surface area (Å²) in [5.74, 6) is 0. The van der Waals surface area contributed by atoms with Crippen molar-refractivity contribution in [3.8, 4) is 11.1 Å². The van der Waals surface area contributed by atoms with E-state index in [0.717, 1.165) is 0 Å². The molecule has 0 nitrogen and oxygen atoms in total. The summed E-state index contributed by atoms with van der Waals surface area (Å²) < 4.78 is 0. The van der Waals surface area contributed by atoms with E-state index in [1.165, 1.54) is 33.4 Å². The molecule has 0 fully saturated rings. The van der Waals surface area contributed by atoms with Crippen molar-refractivity contribution in [1.29, 1.82) is 0 Å². The minimum absolute atomic E-state index is 0.145. The summed E-state index contributed by atoms with van der Waals surface area (Å²) in [5, 5.41) is 0. The molecule has 0 spiro atoms. The Morgan fingerprint density at radius 1 is 0.667 bits per heavy atom. The summed E-state index contributed by atoms with van der Waals surface area (Å²) >= 11 is 6.32. The van der Waals surface area contributed by atoms with Crippen molar-refractivity contribution in [1.82, 2.24) is 0 Å². The number of hydrogen-bond acceptors (Lipinski definition) is 0. The molecule has 1 aliphatic rings. The molecule has 0 N–H and O–H groups in total. The second-order valence-corrected chi connectivity index (χ2v) is 19.7. The van der Waals surface area contributed by atoms with Crippen LogP contribution in [0.25, 0.3) is 11.1 Å². The predicted octanol–water partition coefficient (Wildman–Crippen LogP) is 7.55. The molecule has 0 saturated heterocycles. The number of fused-ring (bicyclic) bond motifs is 3. The van der Waals surface area contributed by atoms with Crippen LogP contribution in [0.5, 0.6) is 0 Å². The van der Waals surface area contributed by atoms with Gasteiger partial charge in [-0.2, -0.15) is 0 Å². The zero-order valence-electron chi connectivity index (χ0n) is 15.3. The molecule has 2 aromatic rings. The Morgan fingerprint density at radius 3 is 1.29 bits per heavy atom. The van der Waals surface area contributed by atoms with Gasteiger partial charge >= 0.3 is 43.0 Å². The molecule has 0 saturated carbocycles. The molecule has 127 valence electrons. The van der Waals surface area contributed by atoms with Crippen LogP contribution in [0.2, 0.25) is 0 Å². The first-order valence-corrected chi connectivity index (χ1v) is 19.4. The Morgan fingerprint density at radius 2 is 1.00 bits per heavy atom. The van der Waals surface area contributed by atoms with Gasteiger partial charge in [-0.25, -0.2) is 0 Å².